The fourth-order valence-corrected chi connectivity index (χ4v) is 1.58. The lowest BCUT2D eigenvalue weighted by Gasteiger charge is -2.20. The van der Waals surface area contributed by atoms with Crippen LogP contribution < -0.4 is 4.90 Å². The average Bonchev–Trinajstić information content (AvgIpc) is 2.23. The third kappa shape index (κ3) is 2.89. The third-order valence-corrected chi connectivity index (χ3v) is 2.40. The lowest BCUT2D eigenvalue weighted by molar-refractivity contribution is 0.341. The number of rotatable bonds is 5. The third-order valence-electron chi connectivity index (χ3n) is 2.29. The van der Waals surface area contributed by atoms with Crippen molar-refractivity contribution in [3.05, 3.63) is 29.8 Å². The van der Waals surface area contributed by atoms with Crippen molar-refractivity contribution in [2.45, 2.75) is 20.5 Å². The van der Waals surface area contributed by atoms with Crippen LogP contribution in [0.2, 0.25) is 0 Å². The second-order valence-corrected chi connectivity index (χ2v) is 3.31. The van der Waals surface area contributed by atoms with E-state index >= 15 is 0 Å². The predicted octanol–water partition coefficient (Wildman–Crippen LogP) is 3.20. The smallest absolute Gasteiger partial charge is 0.0933 e. The van der Waals surface area contributed by atoms with Crippen molar-refractivity contribution < 1.29 is 4.29 Å². The zero-order chi connectivity index (χ0) is 10.4. The van der Waals surface area contributed by atoms with E-state index in [2.05, 4.69) is 35.2 Å². The molecule has 0 saturated heterocycles. The van der Waals surface area contributed by atoms with Crippen molar-refractivity contribution >= 4 is 17.6 Å². The number of hydrogen-bond acceptors (Lipinski definition) is 2. The number of benzene rings is 1. The summed E-state index contributed by atoms with van der Waals surface area (Å²) >= 11 is 5.18. The fraction of sp³-hybridized carbons (Fsp3) is 0.455. The molecule has 0 aliphatic heterocycles. The molecule has 2 nitrogen and oxygen atoms in total. The van der Waals surface area contributed by atoms with Gasteiger partial charge in [0.25, 0.3) is 0 Å². The van der Waals surface area contributed by atoms with Crippen molar-refractivity contribution in [3.8, 4) is 0 Å². The molecule has 0 unspecified atom stereocenters. The van der Waals surface area contributed by atoms with Crippen molar-refractivity contribution in [1.29, 1.82) is 0 Å². The van der Waals surface area contributed by atoms with E-state index in [0.29, 0.717) is 6.61 Å². The molecule has 0 aliphatic rings. The van der Waals surface area contributed by atoms with Gasteiger partial charge in [0.1, 0.15) is 0 Å². The maximum absolute atomic E-state index is 5.18. The molecule has 1 aromatic rings. The Morgan fingerprint density at radius 3 is 2.14 bits per heavy atom. The van der Waals surface area contributed by atoms with Crippen molar-refractivity contribution in [2.24, 2.45) is 0 Å². The normalized spacial score (nSPS) is 10.2. The summed E-state index contributed by atoms with van der Waals surface area (Å²) in [5.74, 6) is 0. The van der Waals surface area contributed by atoms with Crippen LogP contribution in [-0.4, -0.2) is 13.1 Å². The van der Waals surface area contributed by atoms with E-state index in [1.165, 1.54) is 5.69 Å². The van der Waals surface area contributed by atoms with Crippen LogP contribution in [0.15, 0.2) is 24.3 Å². The monoisotopic (exact) mass is 213 g/mol. The molecule has 0 aliphatic carbocycles. The van der Waals surface area contributed by atoms with E-state index in [9.17, 15) is 0 Å². The number of nitrogens with zero attached hydrogens (tertiary/aromatic N) is 1. The minimum atomic E-state index is 0.458. The van der Waals surface area contributed by atoms with Gasteiger partial charge in [-0.05, 0) is 31.5 Å². The maximum Gasteiger partial charge on any atom is 0.0933 e. The molecule has 3 heteroatoms. The molecule has 14 heavy (non-hydrogen) atoms. The Kier molecular flexibility index (Phi) is 4.77. The summed E-state index contributed by atoms with van der Waals surface area (Å²) in [5, 5.41) is 0. The lowest BCUT2D eigenvalue weighted by atomic mass is 10.2. The van der Waals surface area contributed by atoms with Gasteiger partial charge in [0.2, 0.25) is 0 Å². The highest BCUT2D eigenvalue weighted by Crippen LogP contribution is 2.15. The molecule has 0 atom stereocenters. The van der Waals surface area contributed by atoms with E-state index in [1.807, 2.05) is 12.1 Å². The first kappa shape index (κ1) is 11.3. The predicted molar refractivity (Wildman–Crippen MR) is 60.6 cm³/mol. The summed E-state index contributed by atoms with van der Waals surface area (Å²) in [7, 11) is 0. The molecule has 1 aromatic carbocycles. The van der Waals surface area contributed by atoms with Gasteiger partial charge in [-0.2, -0.15) is 0 Å². The van der Waals surface area contributed by atoms with E-state index in [-0.39, 0.29) is 0 Å². The summed E-state index contributed by atoms with van der Waals surface area (Å²) < 4.78 is 4.54. The number of halogens is 1. The summed E-state index contributed by atoms with van der Waals surface area (Å²) in [4.78, 5) is 2.30. The zero-order valence-electron chi connectivity index (χ0n) is 8.66. The second-order valence-electron chi connectivity index (χ2n) is 3.09. The lowest BCUT2D eigenvalue weighted by Crippen LogP contribution is -2.21. The van der Waals surface area contributed by atoms with Crippen LogP contribution in [0.25, 0.3) is 0 Å². The Morgan fingerprint density at radius 2 is 1.71 bits per heavy atom. The molecule has 0 bridgehead atoms. The van der Waals surface area contributed by atoms with Crippen LogP contribution in [0.5, 0.6) is 0 Å². The summed E-state index contributed by atoms with van der Waals surface area (Å²) in [6.45, 7) is 6.82. The molecule has 78 valence electrons. The topological polar surface area (TPSA) is 12.5 Å². The van der Waals surface area contributed by atoms with Gasteiger partial charge in [0, 0.05) is 18.8 Å². The van der Waals surface area contributed by atoms with Crippen LogP contribution in [0.1, 0.15) is 19.4 Å². The van der Waals surface area contributed by atoms with Gasteiger partial charge in [-0.25, -0.2) is 0 Å². The first-order chi connectivity index (χ1) is 6.81. The van der Waals surface area contributed by atoms with Gasteiger partial charge in [0.05, 0.1) is 18.5 Å². The quantitative estimate of drug-likeness (QED) is 0.745. The Bertz CT molecular complexity index is 256. The van der Waals surface area contributed by atoms with Crippen molar-refractivity contribution in [2.75, 3.05) is 18.0 Å². The van der Waals surface area contributed by atoms with E-state index in [0.717, 1.165) is 18.7 Å². The number of anilines is 1. The molecule has 0 radical (unpaired) electrons. The molecule has 1 rings (SSSR count). The standard InChI is InChI=1S/C11H16ClNO/c1-3-13(4-2)11-7-5-10(6-8-11)9-14-12/h5-8H,3-4,9H2,1-2H3. The van der Waals surface area contributed by atoms with Crippen LogP contribution >= 0.6 is 11.9 Å². The van der Waals surface area contributed by atoms with Crippen LogP contribution in [-0.2, 0) is 10.9 Å². The highest BCUT2D eigenvalue weighted by molar-refractivity contribution is 6.07. The van der Waals surface area contributed by atoms with Gasteiger partial charge in [-0.1, -0.05) is 12.1 Å². The van der Waals surface area contributed by atoms with Crippen LogP contribution in [0.4, 0.5) is 5.69 Å². The molecule has 0 saturated carbocycles. The van der Waals surface area contributed by atoms with E-state index in [1.54, 1.807) is 0 Å². The van der Waals surface area contributed by atoms with Crippen molar-refractivity contribution in [1.82, 2.24) is 0 Å². The Hall–Kier alpha value is -0.730. The minimum absolute atomic E-state index is 0.458. The molecule has 0 fully saturated rings. The highest BCUT2D eigenvalue weighted by atomic mass is 35.5. The molecular formula is C11H16ClNO. The Balaban J connectivity index is 2.71. The first-order valence-corrected chi connectivity index (χ1v) is 5.20. The van der Waals surface area contributed by atoms with Gasteiger partial charge in [0.15, 0.2) is 0 Å². The van der Waals surface area contributed by atoms with E-state index < -0.39 is 0 Å². The number of hydrogen-bond donors (Lipinski definition) is 0. The molecule has 0 spiro atoms. The highest BCUT2D eigenvalue weighted by Gasteiger charge is 2.00. The second kappa shape index (κ2) is 5.89. The Morgan fingerprint density at radius 1 is 1.14 bits per heavy atom. The van der Waals surface area contributed by atoms with E-state index in [4.69, 9.17) is 11.9 Å². The largest absolute Gasteiger partial charge is 0.372 e. The summed E-state index contributed by atoms with van der Waals surface area (Å²) in [5.41, 5.74) is 2.34. The summed E-state index contributed by atoms with van der Waals surface area (Å²) in [6.07, 6.45) is 0. The van der Waals surface area contributed by atoms with Gasteiger partial charge >= 0.3 is 0 Å². The van der Waals surface area contributed by atoms with Crippen molar-refractivity contribution in [3.63, 3.8) is 0 Å². The first-order valence-electron chi connectivity index (χ1n) is 4.89. The van der Waals surface area contributed by atoms with Gasteiger partial charge in [-0.15, -0.1) is 0 Å². The SMILES string of the molecule is CCN(CC)c1ccc(COCl)cc1. The van der Waals surface area contributed by atoms with Gasteiger partial charge < -0.3 is 4.90 Å². The minimum Gasteiger partial charge on any atom is -0.372 e. The van der Waals surface area contributed by atoms with Crippen LogP contribution in [0.3, 0.4) is 0 Å². The molecule has 0 N–H and O–H groups in total. The maximum atomic E-state index is 5.18. The van der Waals surface area contributed by atoms with Gasteiger partial charge in [-0.3, -0.25) is 4.29 Å². The average molecular weight is 214 g/mol. The fourth-order valence-electron chi connectivity index (χ4n) is 1.45. The molecular weight excluding hydrogens is 198 g/mol. The van der Waals surface area contributed by atoms with Crippen LogP contribution in [0, 0.1) is 0 Å². The molecule has 0 aromatic heterocycles. The summed E-state index contributed by atoms with van der Waals surface area (Å²) in [6, 6.07) is 8.27. The Labute approximate surface area is 90.6 Å². The molecule has 0 amide bonds. The zero-order valence-corrected chi connectivity index (χ0v) is 9.42. The molecule has 0 heterocycles.